The molecular weight excluding hydrogens is 876 g/mol. The number of anilines is 4. The highest BCUT2D eigenvalue weighted by Gasteiger charge is 2.21. The minimum Gasteiger partial charge on any atom is -0.472 e. The summed E-state index contributed by atoms with van der Waals surface area (Å²) in [7, 11) is 0. The molecule has 0 spiro atoms. The van der Waals surface area contributed by atoms with Crippen LogP contribution < -0.4 is 21.6 Å². The van der Waals surface area contributed by atoms with E-state index in [-0.39, 0.29) is 35.7 Å². The fourth-order valence-corrected chi connectivity index (χ4v) is 5.95. The van der Waals surface area contributed by atoms with Crippen LogP contribution >= 0.6 is 31.9 Å². The molecule has 5 aromatic carbocycles. The van der Waals surface area contributed by atoms with Crippen LogP contribution in [0, 0.1) is 49.0 Å². The van der Waals surface area contributed by atoms with Gasteiger partial charge in [-0.3, -0.25) is 19.3 Å². The van der Waals surface area contributed by atoms with E-state index in [1.165, 1.54) is 24.7 Å². The molecule has 292 valence electrons. The lowest BCUT2D eigenvalue weighted by Gasteiger charge is -2.15. The van der Waals surface area contributed by atoms with Crippen molar-refractivity contribution in [3.05, 3.63) is 175 Å². The highest BCUT2D eigenvalue weighted by molar-refractivity contribution is 9.10. The molecule has 0 aliphatic carbocycles. The molecule has 0 unspecified atom stereocenters. The second kappa shape index (κ2) is 20.3. The van der Waals surface area contributed by atoms with Gasteiger partial charge in [-0.2, -0.15) is 0 Å². The zero-order chi connectivity index (χ0) is 40.9. The molecule has 0 atom stereocenters. The van der Waals surface area contributed by atoms with Crippen molar-refractivity contribution in [2.24, 2.45) is 0 Å². The number of rotatable bonds is 11. The lowest BCUT2D eigenvalue weighted by atomic mass is 10.1. The summed E-state index contributed by atoms with van der Waals surface area (Å²) in [6, 6.07) is 25.6. The predicted molar refractivity (Wildman–Crippen MR) is 215 cm³/mol. The summed E-state index contributed by atoms with van der Waals surface area (Å²) >= 11 is 6.69. The third-order valence-corrected chi connectivity index (χ3v) is 8.86. The van der Waals surface area contributed by atoms with Gasteiger partial charge in [0.2, 0.25) is 0 Å². The Morgan fingerprint density at radius 1 is 0.684 bits per heavy atom. The van der Waals surface area contributed by atoms with Gasteiger partial charge in [0.25, 0.3) is 11.8 Å². The second-order valence-electron chi connectivity index (χ2n) is 12.0. The molecule has 0 bridgehead atoms. The van der Waals surface area contributed by atoms with E-state index in [9.17, 15) is 27.2 Å². The molecule has 0 saturated heterocycles. The van der Waals surface area contributed by atoms with Gasteiger partial charge in [-0.25, -0.2) is 28.5 Å². The van der Waals surface area contributed by atoms with Crippen LogP contribution in [0.2, 0.25) is 0 Å². The highest BCUT2D eigenvalue weighted by Crippen LogP contribution is 2.31. The van der Waals surface area contributed by atoms with Gasteiger partial charge >= 0.3 is 0 Å². The standard InChI is InChI=1S/C23H17BrF2N2O2.C19H15BrF2N2O3/c1-15-14-17(24)9-12-20(15)27-22-18(10-11-19(25)21(22)26)23(29)28-30-13-5-8-16-6-3-2-4-7-16;1-11-8-13(20)2-5-16(11)23-18-14(3-4-15(21)17(18)22)19(25)24-27-10-12-6-7-26-9-12/h2-4,6-7,9-12,14,27H,13H2,1H3,(H,28,29);2-9,23H,10H2,1H3,(H,24,25). The number of hydrogen-bond donors (Lipinski definition) is 4. The lowest BCUT2D eigenvalue weighted by Crippen LogP contribution is -2.25. The molecular formula is C42H32Br2F4N4O5. The van der Waals surface area contributed by atoms with Crippen LogP contribution in [0.4, 0.5) is 40.3 Å². The molecule has 0 saturated carbocycles. The maximum absolute atomic E-state index is 14.5. The predicted octanol–water partition coefficient (Wildman–Crippen LogP) is 10.7. The van der Waals surface area contributed by atoms with Gasteiger partial charge in [-0.15, -0.1) is 0 Å². The second-order valence-corrected chi connectivity index (χ2v) is 13.8. The van der Waals surface area contributed by atoms with Crippen molar-refractivity contribution < 1.29 is 41.2 Å². The molecule has 6 rings (SSSR count). The van der Waals surface area contributed by atoms with Crippen LogP contribution in [-0.2, 0) is 16.3 Å². The molecule has 0 aliphatic heterocycles. The van der Waals surface area contributed by atoms with E-state index in [0.717, 1.165) is 37.8 Å². The fourth-order valence-electron chi connectivity index (χ4n) is 5.00. The Morgan fingerprint density at radius 2 is 1.21 bits per heavy atom. The average Bonchev–Trinajstić information content (AvgIpc) is 3.71. The van der Waals surface area contributed by atoms with Crippen molar-refractivity contribution >= 4 is 66.4 Å². The average molecular weight is 909 g/mol. The summed E-state index contributed by atoms with van der Waals surface area (Å²) < 4.78 is 63.0. The smallest absolute Gasteiger partial charge is 0.277 e. The van der Waals surface area contributed by atoms with Crippen molar-refractivity contribution in [1.82, 2.24) is 11.0 Å². The minimum absolute atomic E-state index is 0.0699. The van der Waals surface area contributed by atoms with Gasteiger partial charge in [0.05, 0.1) is 35.0 Å². The van der Waals surface area contributed by atoms with Gasteiger partial charge in [0.15, 0.2) is 23.3 Å². The molecule has 4 N–H and O–H groups in total. The topological polar surface area (TPSA) is 114 Å². The van der Waals surface area contributed by atoms with E-state index in [1.807, 2.05) is 42.5 Å². The molecule has 57 heavy (non-hydrogen) atoms. The Bertz CT molecular complexity index is 2420. The van der Waals surface area contributed by atoms with E-state index < -0.39 is 35.1 Å². The number of amides is 2. The maximum atomic E-state index is 14.5. The monoisotopic (exact) mass is 906 g/mol. The molecule has 1 aromatic heterocycles. The zero-order valence-corrected chi connectivity index (χ0v) is 33.3. The van der Waals surface area contributed by atoms with Gasteiger partial charge in [-0.05, 0) is 104 Å². The number of nitrogens with one attached hydrogen (secondary N) is 4. The number of halogens is 6. The molecule has 0 fully saturated rings. The summed E-state index contributed by atoms with van der Waals surface area (Å²) in [5.74, 6) is -0.259. The first-order valence-corrected chi connectivity index (χ1v) is 18.4. The van der Waals surface area contributed by atoms with Crippen LogP contribution in [0.5, 0.6) is 0 Å². The van der Waals surface area contributed by atoms with Crippen LogP contribution in [0.25, 0.3) is 0 Å². The maximum Gasteiger partial charge on any atom is 0.277 e. The number of hydroxylamine groups is 2. The van der Waals surface area contributed by atoms with E-state index in [2.05, 4.69) is 65.3 Å². The molecule has 6 aromatic rings. The summed E-state index contributed by atoms with van der Waals surface area (Å²) in [5.41, 5.74) is 7.83. The van der Waals surface area contributed by atoms with E-state index >= 15 is 0 Å². The van der Waals surface area contributed by atoms with Gasteiger partial charge in [0, 0.05) is 31.4 Å². The van der Waals surface area contributed by atoms with Crippen LogP contribution in [0.1, 0.15) is 43.0 Å². The van der Waals surface area contributed by atoms with Crippen LogP contribution in [0.15, 0.2) is 123 Å². The van der Waals surface area contributed by atoms with E-state index in [1.54, 1.807) is 44.2 Å². The normalized spacial score (nSPS) is 10.4. The lowest BCUT2D eigenvalue weighted by molar-refractivity contribution is 0.0232. The minimum atomic E-state index is -1.16. The number of carbonyl (C=O) groups excluding carboxylic acids is 2. The summed E-state index contributed by atoms with van der Waals surface area (Å²) in [4.78, 5) is 35.0. The van der Waals surface area contributed by atoms with E-state index in [0.29, 0.717) is 16.9 Å². The third-order valence-electron chi connectivity index (χ3n) is 7.87. The van der Waals surface area contributed by atoms with Crippen molar-refractivity contribution in [2.75, 3.05) is 17.2 Å². The zero-order valence-electron chi connectivity index (χ0n) is 30.1. The first-order valence-electron chi connectivity index (χ1n) is 16.8. The number of aryl methyl sites for hydroxylation is 2. The SMILES string of the molecule is Cc1cc(Br)ccc1Nc1c(C(=O)NOCC#Cc2ccccc2)ccc(F)c1F.Cc1cc(Br)ccc1Nc1c(C(=O)NOCc2ccoc2)ccc(F)c1F. The first kappa shape index (κ1) is 42.2. The fraction of sp³-hybridized carbons (Fsp3) is 0.0952. The molecule has 0 radical (unpaired) electrons. The largest absolute Gasteiger partial charge is 0.472 e. The number of furan rings is 1. The summed E-state index contributed by atoms with van der Waals surface area (Å²) in [5, 5.41) is 5.60. The first-order chi connectivity index (χ1) is 27.4. The van der Waals surface area contributed by atoms with Gasteiger partial charge in [-0.1, -0.05) is 61.9 Å². The molecule has 0 aliphatic rings. The number of hydrogen-bond acceptors (Lipinski definition) is 7. The summed E-state index contributed by atoms with van der Waals surface area (Å²) in [6.45, 7) is 3.61. The molecule has 9 nitrogen and oxygen atoms in total. The summed E-state index contributed by atoms with van der Waals surface area (Å²) in [6.07, 6.45) is 2.94. The van der Waals surface area contributed by atoms with Crippen LogP contribution in [0.3, 0.4) is 0 Å². The Morgan fingerprint density at radius 3 is 1.70 bits per heavy atom. The Kier molecular flexibility index (Phi) is 15.0. The Labute approximate surface area is 341 Å². The van der Waals surface area contributed by atoms with Gasteiger partial charge in [0.1, 0.15) is 13.2 Å². The molecule has 1 heterocycles. The van der Waals surface area contributed by atoms with Crippen molar-refractivity contribution in [2.45, 2.75) is 20.5 Å². The van der Waals surface area contributed by atoms with Gasteiger partial charge < -0.3 is 15.1 Å². The number of benzene rings is 5. The Hall–Kier alpha value is -5.92. The van der Waals surface area contributed by atoms with Crippen molar-refractivity contribution in [3.63, 3.8) is 0 Å². The molecule has 15 heteroatoms. The van der Waals surface area contributed by atoms with Crippen LogP contribution in [-0.4, -0.2) is 18.4 Å². The molecule has 2 amide bonds. The Balaban J connectivity index is 0.000000219. The van der Waals surface area contributed by atoms with E-state index in [4.69, 9.17) is 14.1 Å². The quantitative estimate of drug-likeness (QED) is 0.0443. The number of carbonyl (C=O) groups is 2. The highest BCUT2D eigenvalue weighted by atomic mass is 79.9. The van der Waals surface area contributed by atoms with Crippen molar-refractivity contribution in [3.8, 4) is 11.8 Å². The van der Waals surface area contributed by atoms with Crippen molar-refractivity contribution in [1.29, 1.82) is 0 Å². The third kappa shape index (κ3) is 11.8.